The van der Waals surface area contributed by atoms with E-state index < -0.39 is 0 Å². The monoisotopic (exact) mass is 328 g/mol. The van der Waals surface area contributed by atoms with Gasteiger partial charge in [0.25, 0.3) is 0 Å². The van der Waals surface area contributed by atoms with E-state index in [4.69, 9.17) is 4.74 Å². The van der Waals surface area contributed by atoms with Gasteiger partial charge in [0.05, 0.1) is 24.1 Å². The lowest BCUT2D eigenvalue weighted by atomic mass is 9.59. The molecule has 4 saturated heterocycles. The molecule has 4 nitrogen and oxygen atoms in total. The van der Waals surface area contributed by atoms with E-state index in [0.29, 0.717) is 11.9 Å². The number of rotatable bonds is 5. The van der Waals surface area contributed by atoms with Crippen LogP contribution in [0.25, 0.3) is 0 Å². The number of ketones is 1. The lowest BCUT2D eigenvalue weighted by Gasteiger charge is -2.65. The van der Waals surface area contributed by atoms with Crippen molar-refractivity contribution in [1.82, 2.24) is 9.80 Å². The topological polar surface area (TPSA) is 32.8 Å². The number of Topliss-reactive ketones (excluding diaryl/α,β-unsaturated/α-hetero) is 1. The first-order valence-electron chi connectivity index (χ1n) is 9.18. The fourth-order valence-corrected chi connectivity index (χ4v) is 5.37. The van der Waals surface area contributed by atoms with Crippen molar-refractivity contribution in [3.63, 3.8) is 0 Å². The molecule has 0 radical (unpaired) electrons. The van der Waals surface area contributed by atoms with Crippen LogP contribution in [0.1, 0.15) is 44.8 Å². The number of benzene rings is 1. The second-order valence-electron chi connectivity index (χ2n) is 8.23. The average molecular weight is 328 g/mol. The normalized spacial score (nSPS) is 40.1. The smallest absolute Gasteiger partial charge is 0.150 e. The number of methoxy groups -OCH3 is 1. The van der Waals surface area contributed by atoms with Gasteiger partial charge in [0.1, 0.15) is 11.5 Å². The van der Waals surface area contributed by atoms with Crippen LogP contribution in [0.2, 0.25) is 0 Å². The van der Waals surface area contributed by atoms with Gasteiger partial charge in [0.15, 0.2) is 0 Å². The van der Waals surface area contributed by atoms with Crippen LogP contribution >= 0.6 is 0 Å². The molecule has 24 heavy (non-hydrogen) atoms. The molecule has 1 aromatic carbocycles. The number of piperidine rings is 2. The fraction of sp³-hybridized carbons (Fsp3) is 0.650. The van der Waals surface area contributed by atoms with Gasteiger partial charge in [-0.2, -0.15) is 0 Å². The third kappa shape index (κ3) is 2.23. The highest BCUT2D eigenvalue weighted by molar-refractivity contribution is 5.93. The SMILES string of the molecule is CCCCC12CN3CC(C)(CN(C1)C3c1ccc(OC)cc1)C2=O. The lowest BCUT2D eigenvalue weighted by molar-refractivity contribution is -0.201. The summed E-state index contributed by atoms with van der Waals surface area (Å²) in [6, 6.07) is 8.44. The minimum absolute atomic E-state index is 0.135. The molecule has 4 aliphatic rings. The summed E-state index contributed by atoms with van der Waals surface area (Å²) in [5.74, 6) is 1.43. The number of nitrogens with zero attached hydrogens (tertiary/aromatic N) is 2. The molecule has 0 amide bonds. The van der Waals surface area contributed by atoms with Crippen molar-refractivity contribution in [1.29, 1.82) is 0 Å². The number of ether oxygens (including phenoxy) is 1. The predicted octanol–water partition coefficient (Wildman–Crippen LogP) is 3.09. The Hall–Kier alpha value is -1.39. The lowest BCUT2D eigenvalue weighted by Crippen LogP contribution is -2.76. The molecule has 4 heterocycles. The van der Waals surface area contributed by atoms with Gasteiger partial charge in [-0.1, -0.05) is 38.8 Å². The predicted molar refractivity (Wildman–Crippen MR) is 94.0 cm³/mol. The zero-order chi connectivity index (χ0) is 16.9. The minimum atomic E-state index is -0.187. The molecule has 4 bridgehead atoms. The molecule has 2 atom stereocenters. The Morgan fingerprint density at radius 2 is 1.75 bits per heavy atom. The van der Waals surface area contributed by atoms with Crippen LogP contribution < -0.4 is 4.74 Å². The highest BCUT2D eigenvalue weighted by atomic mass is 16.5. The number of hydrogen-bond donors (Lipinski definition) is 0. The van der Waals surface area contributed by atoms with Crippen molar-refractivity contribution < 1.29 is 9.53 Å². The van der Waals surface area contributed by atoms with Crippen LogP contribution in [-0.2, 0) is 4.79 Å². The molecule has 0 aromatic heterocycles. The maximum Gasteiger partial charge on any atom is 0.150 e. The van der Waals surface area contributed by atoms with Crippen LogP contribution in [0.4, 0.5) is 0 Å². The molecule has 5 rings (SSSR count). The van der Waals surface area contributed by atoms with E-state index in [1.165, 1.54) is 5.56 Å². The Labute approximate surface area is 144 Å². The third-order valence-electron chi connectivity index (χ3n) is 6.26. The quantitative estimate of drug-likeness (QED) is 0.831. The Balaban J connectivity index is 1.65. The number of unbranched alkanes of at least 4 members (excludes halogenated alkanes) is 1. The fourth-order valence-electron chi connectivity index (χ4n) is 5.37. The van der Waals surface area contributed by atoms with Crippen molar-refractivity contribution in [3.8, 4) is 5.75 Å². The summed E-state index contributed by atoms with van der Waals surface area (Å²) < 4.78 is 5.29. The van der Waals surface area contributed by atoms with Gasteiger partial charge in [0.2, 0.25) is 0 Å². The molecule has 4 heteroatoms. The van der Waals surface area contributed by atoms with Crippen molar-refractivity contribution in [2.75, 3.05) is 33.3 Å². The summed E-state index contributed by atoms with van der Waals surface area (Å²) in [6.45, 7) is 8.04. The first-order valence-corrected chi connectivity index (χ1v) is 9.18. The van der Waals surface area contributed by atoms with Crippen molar-refractivity contribution in [2.24, 2.45) is 10.8 Å². The number of carbonyl (C=O) groups excluding carboxylic acids is 1. The van der Waals surface area contributed by atoms with E-state index >= 15 is 0 Å². The van der Waals surface area contributed by atoms with E-state index in [2.05, 4.69) is 35.8 Å². The van der Waals surface area contributed by atoms with Gasteiger partial charge < -0.3 is 4.74 Å². The second-order valence-corrected chi connectivity index (χ2v) is 8.23. The summed E-state index contributed by atoms with van der Waals surface area (Å²) in [7, 11) is 1.70. The summed E-state index contributed by atoms with van der Waals surface area (Å²) in [6.07, 6.45) is 3.66. The molecule has 0 aliphatic carbocycles. The molecular weight excluding hydrogens is 300 g/mol. The standard InChI is InChI=1S/C20H28N2O2/c1-4-5-10-20-13-21-11-19(2,18(20)23)12-22(14-20)17(21)15-6-8-16(24-3)9-7-15/h6-9,17H,4-5,10-14H2,1-3H3. The molecular formula is C20H28N2O2. The van der Waals surface area contributed by atoms with Gasteiger partial charge in [-0.25, -0.2) is 0 Å². The van der Waals surface area contributed by atoms with Gasteiger partial charge >= 0.3 is 0 Å². The summed E-state index contributed by atoms with van der Waals surface area (Å²) in [4.78, 5) is 18.3. The number of hydrogen-bond acceptors (Lipinski definition) is 4. The van der Waals surface area contributed by atoms with Gasteiger partial charge in [-0.15, -0.1) is 0 Å². The molecule has 1 aromatic rings. The zero-order valence-electron chi connectivity index (χ0n) is 15.0. The van der Waals surface area contributed by atoms with Crippen molar-refractivity contribution in [3.05, 3.63) is 29.8 Å². The third-order valence-corrected chi connectivity index (χ3v) is 6.26. The Kier molecular flexibility index (Phi) is 3.73. The van der Waals surface area contributed by atoms with Crippen LogP contribution in [0.5, 0.6) is 5.75 Å². The van der Waals surface area contributed by atoms with E-state index in [-0.39, 0.29) is 10.8 Å². The summed E-state index contributed by atoms with van der Waals surface area (Å²) in [5, 5.41) is 0. The first-order chi connectivity index (χ1) is 11.5. The average Bonchev–Trinajstić information content (AvgIpc) is 2.57. The first kappa shape index (κ1) is 16.1. The zero-order valence-corrected chi connectivity index (χ0v) is 15.0. The molecule has 4 fully saturated rings. The highest BCUT2D eigenvalue weighted by Gasteiger charge is 2.63. The van der Waals surface area contributed by atoms with Gasteiger partial charge in [-0.05, 0) is 24.1 Å². The molecule has 0 saturated carbocycles. The maximum absolute atomic E-state index is 13.2. The van der Waals surface area contributed by atoms with Crippen molar-refractivity contribution >= 4 is 5.78 Å². The number of carbonyl (C=O) groups is 1. The second kappa shape index (κ2) is 5.57. The van der Waals surface area contributed by atoms with Crippen molar-refractivity contribution in [2.45, 2.75) is 39.3 Å². The Morgan fingerprint density at radius 1 is 1.12 bits per heavy atom. The Morgan fingerprint density at radius 3 is 2.29 bits per heavy atom. The maximum atomic E-state index is 13.2. The Bertz CT molecular complexity index is 624. The summed E-state index contributed by atoms with van der Waals surface area (Å²) in [5.41, 5.74) is 0.994. The highest BCUT2D eigenvalue weighted by Crippen LogP contribution is 2.53. The van der Waals surface area contributed by atoms with E-state index in [0.717, 1.165) is 51.2 Å². The minimum Gasteiger partial charge on any atom is -0.497 e. The summed E-state index contributed by atoms with van der Waals surface area (Å²) >= 11 is 0. The van der Waals surface area contributed by atoms with E-state index in [9.17, 15) is 4.79 Å². The van der Waals surface area contributed by atoms with Crippen LogP contribution in [0.15, 0.2) is 24.3 Å². The van der Waals surface area contributed by atoms with Crippen LogP contribution in [0.3, 0.4) is 0 Å². The molecule has 4 aliphatic heterocycles. The van der Waals surface area contributed by atoms with Gasteiger partial charge in [0, 0.05) is 26.2 Å². The molecule has 0 spiro atoms. The van der Waals surface area contributed by atoms with E-state index in [1.807, 2.05) is 12.1 Å². The van der Waals surface area contributed by atoms with Crippen LogP contribution in [-0.4, -0.2) is 48.9 Å². The molecule has 2 unspecified atom stereocenters. The molecule has 130 valence electrons. The molecule has 0 N–H and O–H groups in total. The van der Waals surface area contributed by atoms with Gasteiger partial charge in [-0.3, -0.25) is 14.6 Å². The van der Waals surface area contributed by atoms with Crippen LogP contribution in [0, 0.1) is 10.8 Å². The van der Waals surface area contributed by atoms with E-state index in [1.54, 1.807) is 7.11 Å². The largest absolute Gasteiger partial charge is 0.497 e.